The first-order valence-corrected chi connectivity index (χ1v) is 8.47. The normalized spacial score (nSPS) is 40.3. The van der Waals surface area contributed by atoms with Gasteiger partial charge in [0.1, 0.15) is 5.82 Å². The van der Waals surface area contributed by atoms with Crippen molar-refractivity contribution in [2.24, 2.45) is 11.8 Å². The molecule has 3 nitrogen and oxygen atoms in total. The molecule has 2 bridgehead atoms. The van der Waals surface area contributed by atoms with E-state index in [1.54, 1.807) is 0 Å². The van der Waals surface area contributed by atoms with Crippen LogP contribution < -0.4 is 5.32 Å². The van der Waals surface area contributed by atoms with Gasteiger partial charge in [-0.3, -0.25) is 0 Å². The third kappa shape index (κ3) is 1.78. The standard InChI is InChI=1S/C15H22BrN3/c1-8-5-9(2)19-15(17-8)13(16)14(18-19)12-7-10-3-4-11(12)6-10/h8-12,17H,3-7H2,1-2H3. The Balaban J connectivity index is 1.72. The lowest BCUT2D eigenvalue weighted by atomic mass is 9.86. The van der Waals surface area contributed by atoms with Crippen LogP contribution in [0.5, 0.6) is 0 Å². The van der Waals surface area contributed by atoms with E-state index < -0.39 is 0 Å². The number of anilines is 1. The molecular weight excluding hydrogens is 302 g/mol. The van der Waals surface area contributed by atoms with Gasteiger partial charge in [0.2, 0.25) is 0 Å². The third-order valence-electron chi connectivity index (χ3n) is 5.46. The fraction of sp³-hybridized carbons (Fsp3) is 0.800. The molecule has 2 saturated carbocycles. The summed E-state index contributed by atoms with van der Waals surface area (Å²) in [5.74, 6) is 3.79. The van der Waals surface area contributed by atoms with Gasteiger partial charge in [0.25, 0.3) is 0 Å². The van der Waals surface area contributed by atoms with E-state index in [1.165, 1.54) is 41.7 Å². The Labute approximate surface area is 123 Å². The molecule has 1 aromatic rings. The second-order valence-electron chi connectivity index (χ2n) is 6.90. The average molecular weight is 324 g/mol. The molecule has 4 heteroatoms. The summed E-state index contributed by atoms with van der Waals surface area (Å²) in [7, 11) is 0. The summed E-state index contributed by atoms with van der Waals surface area (Å²) in [6.45, 7) is 4.54. The Hall–Kier alpha value is -0.510. The predicted octanol–water partition coefficient (Wildman–Crippen LogP) is 4.31. The minimum absolute atomic E-state index is 0.509. The summed E-state index contributed by atoms with van der Waals surface area (Å²) in [4.78, 5) is 0. The van der Waals surface area contributed by atoms with Crippen LogP contribution in [0.3, 0.4) is 0 Å². The van der Waals surface area contributed by atoms with Crippen LogP contribution in [0, 0.1) is 11.8 Å². The number of hydrogen-bond donors (Lipinski definition) is 1. The first kappa shape index (κ1) is 12.2. The molecule has 2 fully saturated rings. The van der Waals surface area contributed by atoms with Crippen molar-refractivity contribution in [3.05, 3.63) is 10.2 Å². The van der Waals surface area contributed by atoms with Gasteiger partial charge in [-0.1, -0.05) is 6.42 Å². The van der Waals surface area contributed by atoms with E-state index in [9.17, 15) is 0 Å². The SMILES string of the molecule is CC1CC(C)n2nc(C3CC4CCC3C4)c(Br)c2N1. The molecule has 1 aromatic heterocycles. The van der Waals surface area contributed by atoms with Crippen LogP contribution in [0.25, 0.3) is 0 Å². The van der Waals surface area contributed by atoms with Crippen LogP contribution in [0.4, 0.5) is 5.82 Å². The first-order valence-electron chi connectivity index (χ1n) is 7.68. The van der Waals surface area contributed by atoms with E-state index in [1.807, 2.05) is 0 Å². The van der Waals surface area contributed by atoms with E-state index >= 15 is 0 Å². The van der Waals surface area contributed by atoms with Crippen molar-refractivity contribution in [1.82, 2.24) is 9.78 Å². The summed E-state index contributed by atoms with van der Waals surface area (Å²) < 4.78 is 3.45. The number of halogens is 1. The fourth-order valence-corrected chi connectivity index (χ4v) is 5.27. The highest BCUT2D eigenvalue weighted by molar-refractivity contribution is 9.10. The van der Waals surface area contributed by atoms with Gasteiger partial charge in [-0.2, -0.15) is 5.10 Å². The molecule has 0 aromatic carbocycles. The second kappa shape index (κ2) is 4.24. The van der Waals surface area contributed by atoms with E-state index in [-0.39, 0.29) is 0 Å². The largest absolute Gasteiger partial charge is 0.367 e. The minimum atomic E-state index is 0.509. The molecule has 0 radical (unpaired) electrons. The minimum Gasteiger partial charge on any atom is -0.367 e. The lowest BCUT2D eigenvalue weighted by Crippen LogP contribution is -2.28. The topological polar surface area (TPSA) is 29.9 Å². The highest BCUT2D eigenvalue weighted by atomic mass is 79.9. The van der Waals surface area contributed by atoms with Gasteiger partial charge in [0.15, 0.2) is 0 Å². The number of fused-ring (bicyclic) bond motifs is 3. The molecular formula is C15H22BrN3. The summed E-state index contributed by atoms with van der Waals surface area (Å²) in [5, 5.41) is 8.57. The molecule has 0 spiro atoms. The third-order valence-corrected chi connectivity index (χ3v) is 6.24. The Kier molecular flexibility index (Phi) is 2.73. The zero-order valence-corrected chi connectivity index (χ0v) is 13.3. The van der Waals surface area contributed by atoms with Crippen molar-refractivity contribution >= 4 is 21.7 Å². The molecule has 1 N–H and O–H groups in total. The Morgan fingerprint density at radius 2 is 2.05 bits per heavy atom. The molecule has 0 amide bonds. The number of rotatable bonds is 1. The van der Waals surface area contributed by atoms with Crippen LogP contribution in [-0.4, -0.2) is 15.8 Å². The zero-order chi connectivity index (χ0) is 13.1. The Bertz CT molecular complexity index is 510. The maximum Gasteiger partial charge on any atom is 0.139 e. The Morgan fingerprint density at radius 3 is 2.74 bits per heavy atom. The molecule has 4 rings (SSSR count). The summed E-state index contributed by atoms with van der Waals surface area (Å²) in [5.41, 5.74) is 1.33. The van der Waals surface area contributed by atoms with Crippen molar-refractivity contribution < 1.29 is 0 Å². The highest BCUT2D eigenvalue weighted by Crippen LogP contribution is 2.54. The highest BCUT2D eigenvalue weighted by Gasteiger charge is 2.43. The van der Waals surface area contributed by atoms with Crippen LogP contribution >= 0.6 is 15.9 Å². The number of nitrogens with one attached hydrogen (secondary N) is 1. The number of hydrogen-bond acceptors (Lipinski definition) is 2. The average Bonchev–Trinajstić information content (AvgIpc) is 3.04. The van der Waals surface area contributed by atoms with Crippen LogP contribution in [-0.2, 0) is 0 Å². The second-order valence-corrected chi connectivity index (χ2v) is 7.70. The van der Waals surface area contributed by atoms with E-state index in [4.69, 9.17) is 5.10 Å². The van der Waals surface area contributed by atoms with Crippen molar-refractivity contribution in [1.29, 1.82) is 0 Å². The number of aromatic nitrogens is 2. The number of nitrogens with zero attached hydrogens (tertiary/aromatic N) is 2. The van der Waals surface area contributed by atoms with Crippen LogP contribution in [0.1, 0.15) is 63.6 Å². The molecule has 5 unspecified atom stereocenters. The summed E-state index contributed by atoms with van der Waals surface area (Å²) in [6.07, 6.45) is 6.85. The van der Waals surface area contributed by atoms with Gasteiger partial charge >= 0.3 is 0 Å². The zero-order valence-electron chi connectivity index (χ0n) is 11.7. The van der Waals surface area contributed by atoms with E-state index in [0.717, 1.165) is 18.3 Å². The lowest BCUT2D eigenvalue weighted by Gasteiger charge is -2.28. The maximum atomic E-state index is 4.97. The van der Waals surface area contributed by atoms with Crippen molar-refractivity contribution in [2.75, 3.05) is 5.32 Å². The molecule has 2 aliphatic carbocycles. The van der Waals surface area contributed by atoms with Gasteiger partial charge in [-0.05, 0) is 67.3 Å². The lowest BCUT2D eigenvalue weighted by molar-refractivity contribution is 0.387. The van der Waals surface area contributed by atoms with E-state index in [2.05, 4.69) is 39.8 Å². The van der Waals surface area contributed by atoms with Gasteiger partial charge in [0, 0.05) is 12.0 Å². The van der Waals surface area contributed by atoms with Gasteiger partial charge in [0.05, 0.1) is 16.2 Å². The molecule has 104 valence electrons. The quantitative estimate of drug-likeness (QED) is 0.834. The molecule has 3 aliphatic rings. The smallest absolute Gasteiger partial charge is 0.139 e. The van der Waals surface area contributed by atoms with Gasteiger partial charge in [-0.15, -0.1) is 0 Å². The van der Waals surface area contributed by atoms with Crippen molar-refractivity contribution in [3.8, 4) is 0 Å². The summed E-state index contributed by atoms with van der Waals surface area (Å²) >= 11 is 3.83. The fourth-order valence-electron chi connectivity index (χ4n) is 4.60. The first-order chi connectivity index (χ1) is 9.13. The summed E-state index contributed by atoms with van der Waals surface area (Å²) in [6, 6.07) is 1.05. The maximum absolute atomic E-state index is 4.97. The molecule has 1 aliphatic heterocycles. The molecule has 2 heterocycles. The molecule has 5 atom stereocenters. The molecule has 19 heavy (non-hydrogen) atoms. The predicted molar refractivity (Wildman–Crippen MR) is 80.5 cm³/mol. The molecule has 0 saturated heterocycles. The van der Waals surface area contributed by atoms with Crippen LogP contribution in [0.15, 0.2) is 4.47 Å². The van der Waals surface area contributed by atoms with Gasteiger partial charge in [-0.25, -0.2) is 4.68 Å². The van der Waals surface area contributed by atoms with Crippen molar-refractivity contribution in [2.45, 2.75) is 64.0 Å². The van der Waals surface area contributed by atoms with Gasteiger partial charge < -0.3 is 5.32 Å². The monoisotopic (exact) mass is 323 g/mol. The van der Waals surface area contributed by atoms with Crippen LogP contribution in [0.2, 0.25) is 0 Å². The van der Waals surface area contributed by atoms with E-state index in [0.29, 0.717) is 18.0 Å². The Morgan fingerprint density at radius 1 is 1.21 bits per heavy atom. The van der Waals surface area contributed by atoms with Crippen molar-refractivity contribution in [3.63, 3.8) is 0 Å².